The highest BCUT2D eigenvalue weighted by Gasteiger charge is 2.28. The monoisotopic (exact) mass is 380 g/mol. The number of benzene rings is 1. The van der Waals surface area contributed by atoms with E-state index in [9.17, 15) is 0 Å². The van der Waals surface area contributed by atoms with Crippen molar-refractivity contribution in [1.82, 2.24) is 20.3 Å². The van der Waals surface area contributed by atoms with Crippen molar-refractivity contribution in [2.45, 2.75) is 51.7 Å². The highest BCUT2D eigenvalue weighted by molar-refractivity contribution is 5.37. The molecule has 6 nitrogen and oxygen atoms in total. The molecule has 2 atom stereocenters. The number of hydrogen-bond donors (Lipinski definition) is 1. The maximum Gasteiger partial charge on any atom is 0.137 e. The average molecular weight is 380 g/mol. The van der Waals surface area contributed by atoms with Crippen LogP contribution in [0.3, 0.4) is 0 Å². The third-order valence-electron chi connectivity index (χ3n) is 5.60. The lowest BCUT2D eigenvalue weighted by Gasteiger charge is -2.20. The highest BCUT2D eigenvalue weighted by Crippen LogP contribution is 2.29. The summed E-state index contributed by atoms with van der Waals surface area (Å²) < 4.78 is 12.9. The van der Waals surface area contributed by atoms with E-state index in [4.69, 9.17) is 9.26 Å². The van der Waals surface area contributed by atoms with Crippen molar-refractivity contribution < 1.29 is 9.26 Å². The second kappa shape index (κ2) is 8.61. The predicted molar refractivity (Wildman–Crippen MR) is 107 cm³/mol. The first-order chi connectivity index (χ1) is 13.7. The summed E-state index contributed by atoms with van der Waals surface area (Å²) in [6.07, 6.45) is 8.46. The summed E-state index contributed by atoms with van der Waals surface area (Å²) in [7, 11) is 1.72. The Bertz CT molecular complexity index is 888. The number of hydrogen-bond acceptors (Lipinski definition) is 5. The molecule has 2 heterocycles. The van der Waals surface area contributed by atoms with Gasteiger partial charge in [0.25, 0.3) is 0 Å². The SMILES string of the molecule is COc1ccc(CN[C@@H]2CCC[C@H]2Cc2cc(C)no2)cc1Cn1cccn1. The van der Waals surface area contributed by atoms with Crippen LogP contribution in [0.5, 0.6) is 5.75 Å². The van der Waals surface area contributed by atoms with Gasteiger partial charge in [-0.3, -0.25) is 4.68 Å². The van der Waals surface area contributed by atoms with Crippen molar-refractivity contribution in [1.29, 1.82) is 0 Å². The zero-order valence-corrected chi connectivity index (χ0v) is 16.6. The molecule has 0 unspecified atom stereocenters. The van der Waals surface area contributed by atoms with E-state index in [1.807, 2.05) is 23.9 Å². The fourth-order valence-corrected chi connectivity index (χ4v) is 4.20. The summed E-state index contributed by atoms with van der Waals surface area (Å²) in [5, 5.41) is 12.1. The lowest BCUT2D eigenvalue weighted by atomic mass is 9.97. The Labute approximate surface area is 165 Å². The molecule has 1 fully saturated rings. The van der Waals surface area contributed by atoms with Gasteiger partial charge in [0.15, 0.2) is 0 Å². The minimum absolute atomic E-state index is 0.516. The standard InChI is InChI=1S/C22H28N4O2/c1-16-11-20(28-25-16)13-18-5-3-6-21(18)23-14-17-7-8-22(27-2)19(12-17)15-26-10-4-9-24-26/h4,7-12,18,21,23H,3,5-6,13-15H2,1-2H3/t18-,21+/m0/s1. The normalized spacial score (nSPS) is 19.2. The molecule has 0 bridgehead atoms. The molecule has 0 amide bonds. The van der Waals surface area contributed by atoms with Crippen LogP contribution in [0.2, 0.25) is 0 Å². The number of nitrogens with zero attached hydrogens (tertiary/aromatic N) is 3. The number of rotatable bonds is 8. The largest absolute Gasteiger partial charge is 0.496 e. The number of aryl methyl sites for hydroxylation is 1. The quantitative estimate of drug-likeness (QED) is 0.645. The van der Waals surface area contributed by atoms with Crippen molar-refractivity contribution in [2.75, 3.05) is 7.11 Å². The summed E-state index contributed by atoms with van der Waals surface area (Å²) in [5.74, 6) is 2.51. The lowest BCUT2D eigenvalue weighted by molar-refractivity contribution is 0.329. The Balaban J connectivity index is 1.39. The molecule has 0 spiro atoms. The third kappa shape index (κ3) is 4.44. The van der Waals surface area contributed by atoms with Gasteiger partial charge in [0.2, 0.25) is 0 Å². The molecule has 1 N–H and O–H groups in total. The Kier molecular flexibility index (Phi) is 5.76. The van der Waals surface area contributed by atoms with E-state index in [1.54, 1.807) is 13.3 Å². The number of nitrogens with one attached hydrogen (secondary N) is 1. The molecule has 1 aliphatic carbocycles. The van der Waals surface area contributed by atoms with Gasteiger partial charge in [-0.1, -0.05) is 17.6 Å². The Morgan fingerprint density at radius 3 is 2.96 bits per heavy atom. The van der Waals surface area contributed by atoms with Crippen LogP contribution in [-0.4, -0.2) is 28.1 Å². The summed E-state index contributed by atoms with van der Waals surface area (Å²) >= 11 is 0. The van der Waals surface area contributed by atoms with Crippen molar-refractivity contribution >= 4 is 0 Å². The van der Waals surface area contributed by atoms with E-state index in [2.05, 4.69) is 39.8 Å². The van der Waals surface area contributed by atoms with Crippen LogP contribution in [0, 0.1) is 12.8 Å². The highest BCUT2D eigenvalue weighted by atomic mass is 16.5. The molecule has 4 rings (SSSR count). The van der Waals surface area contributed by atoms with Crippen LogP contribution in [0.25, 0.3) is 0 Å². The smallest absolute Gasteiger partial charge is 0.137 e. The lowest BCUT2D eigenvalue weighted by Crippen LogP contribution is -2.32. The van der Waals surface area contributed by atoms with Gasteiger partial charge in [0.1, 0.15) is 11.5 Å². The fraction of sp³-hybridized carbons (Fsp3) is 0.455. The van der Waals surface area contributed by atoms with Gasteiger partial charge < -0.3 is 14.6 Å². The van der Waals surface area contributed by atoms with E-state index >= 15 is 0 Å². The molecule has 6 heteroatoms. The maximum absolute atomic E-state index is 5.53. The van der Waals surface area contributed by atoms with Crippen molar-refractivity contribution in [3.8, 4) is 5.75 Å². The van der Waals surface area contributed by atoms with Crippen LogP contribution in [-0.2, 0) is 19.5 Å². The van der Waals surface area contributed by atoms with E-state index in [0.717, 1.165) is 35.7 Å². The summed E-state index contributed by atoms with van der Waals surface area (Å²) in [4.78, 5) is 0. The molecule has 3 aromatic rings. The van der Waals surface area contributed by atoms with Crippen LogP contribution >= 0.6 is 0 Å². The van der Waals surface area contributed by atoms with Crippen LogP contribution in [0.1, 0.15) is 41.8 Å². The van der Waals surface area contributed by atoms with Gasteiger partial charge in [-0.2, -0.15) is 5.10 Å². The molecule has 1 saturated carbocycles. The van der Waals surface area contributed by atoms with Gasteiger partial charge in [0, 0.05) is 43.0 Å². The average Bonchev–Trinajstić information content (AvgIpc) is 3.44. The Hall–Kier alpha value is -2.60. The topological polar surface area (TPSA) is 65.1 Å². The predicted octanol–water partition coefficient (Wildman–Crippen LogP) is 3.74. The number of methoxy groups -OCH3 is 1. The maximum atomic E-state index is 5.53. The fourth-order valence-electron chi connectivity index (χ4n) is 4.20. The van der Waals surface area contributed by atoms with Gasteiger partial charge >= 0.3 is 0 Å². The zero-order chi connectivity index (χ0) is 19.3. The molecule has 28 heavy (non-hydrogen) atoms. The Morgan fingerprint density at radius 2 is 2.21 bits per heavy atom. The summed E-state index contributed by atoms with van der Waals surface area (Å²) in [6, 6.07) is 10.9. The second-order valence-electron chi connectivity index (χ2n) is 7.67. The summed E-state index contributed by atoms with van der Waals surface area (Å²) in [5.41, 5.74) is 3.37. The molecular weight excluding hydrogens is 352 g/mol. The third-order valence-corrected chi connectivity index (χ3v) is 5.60. The van der Waals surface area contributed by atoms with Crippen molar-refractivity contribution in [3.05, 3.63) is 65.3 Å². The van der Waals surface area contributed by atoms with Gasteiger partial charge in [0.05, 0.1) is 19.3 Å². The number of aromatic nitrogens is 3. The Morgan fingerprint density at radius 1 is 1.29 bits per heavy atom. The first-order valence-corrected chi connectivity index (χ1v) is 10.00. The van der Waals surface area contributed by atoms with Gasteiger partial charge in [-0.05, 0) is 49.4 Å². The molecule has 0 radical (unpaired) electrons. The van der Waals surface area contributed by atoms with E-state index in [1.165, 1.54) is 24.8 Å². The summed E-state index contributed by atoms with van der Waals surface area (Å²) in [6.45, 7) is 3.54. The second-order valence-corrected chi connectivity index (χ2v) is 7.67. The van der Waals surface area contributed by atoms with Crippen LogP contribution in [0.4, 0.5) is 0 Å². The number of ether oxygens (including phenoxy) is 1. The first-order valence-electron chi connectivity index (χ1n) is 10.00. The minimum Gasteiger partial charge on any atom is -0.496 e. The zero-order valence-electron chi connectivity index (χ0n) is 16.6. The van der Waals surface area contributed by atoms with E-state index < -0.39 is 0 Å². The molecule has 0 aliphatic heterocycles. The molecular formula is C22H28N4O2. The molecule has 1 aliphatic rings. The van der Waals surface area contributed by atoms with E-state index in [0.29, 0.717) is 18.5 Å². The van der Waals surface area contributed by atoms with Gasteiger partial charge in [-0.15, -0.1) is 0 Å². The minimum atomic E-state index is 0.516. The molecule has 148 valence electrons. The molecule has 0 saturated heterocycles. The molecule has 2 aromatic heterocycles. The molecule has 1 aromatic carbocycles. The van der Waals surface area contributed by atoms with Crippen molar-refractivity contribution in [2.24, 2.45) is 5.92 Å². The van der Waals surface area contributed by atoms with Crippen LogP contribution < -0.4 is 10.1 Å². The van der Waals surface area contributed by atoms with Crippen LogP contribution in [0.15, 0.2) is 47.2 Å². The van der Waals surface area contributed by atoms with Crippen molar-refractivity contribution in [3.63, 3.8) is 0 Å². The van der Waals surface area contributed by atoms with E-state index in [-0.39, 0.29) is 0 Å². The first kappa shape index (κ1) is 18.7. The van der Waals surface area contributed by atoms with Gasteiger partial charge in [-0.25, -0.2) is 0 Å².